The summed E-state index contributed by atoms with van der Waals surface area (Å²) >= 11 is 6.00. The van der Waals surface area contributed by atoms with Gasteiger partial charge in [-0.25, -0.2) is 13.2 Å². The molecule has 2 rings (SSSR count). The van der Waals surface area contributed by atoms with Crippen LogP contribution < -0.4 is 10.6 Å². The monoisotopic (exact) mass is 380 g/mol. The van der Waals surface area contributed by atoms with Crippen molar-refractivity contribution in [3.05, 3.63) is 64.7 Å². The maximum Gasteiger partial charge on any atom is 0.319 e. The average molecular weight is 381 g/mol. The normalized spacial score (nSPS) is 12.4. The van der Waals surface area contributed by atoms with Gasteiger partial charge in [0.2, 0.25) is 0 Å². The summed E-state index contributed by atoms with van der Waals surface area (Å²) < 4.78 is 22.8. The van der Waals surface area contributed by atoms with Crippen LogP contribution in [0, 0.1) is 0 Å². The Morgan fingerprint density at radius 1 is 1.16 bits per heavy atom. The second-order valence-corrected chi connectivity index (χ2v) is 8.46. The Morgan fingerprint density at radius 3 is 2.52 bits per heavy atom. The first kappa shape index (κ1) is 19.3. The maximum atomic E-state index is 12.3. The van der Waals surface area contributed by atoms with E-state index < -0.39 is 9.84 Å². The Bertz CT molecular complexity index is 853. The minimum Gasteiger partial charge on any atom is -0.331 e. The fraction of sp³-hybridized carbons (Fsp3) is 0.278. The van der Waals surface area contributed by atoms with E-state index in [1.54, 1.807) is 30.3 Å². The third-order valence-electron chi connectivity index (χ3n) is 3.58. The van der Waals surface area contributed by atoms with Crippen LogP contribution in [-0.4, -0.2) is 20.7 Å². The minimum atomic E-state index is -3.13. The van der Waals surface area contributed by atoms with Gasteiger partial charge in [0.15, 0.2) is 9.84 Å². The van der Waals surface area contributed by atoms with E-state index in [2.05, 4.69) is 10.6 Å². The van der Waals surface area contributed by atoms with Gasteiger partial charge in [-0.1, -0.05) is 42.8 Å². The molecular weight excluding hydrogens is 360 g/mol. The molecule has 1 atom stereocenters. The molecule has 0 spiro atoms. The van der Waals surface area contributed by atoms with E-state index in [1.807, 2.05) is 25.1 Å². The number of carbonyl (C=O) groups is 1. The molecule has 0 bridgehead atoms. The van der Waals surface area contributed by atoms with Crippen molar-refractivity contribution < 1.29 is 13.2 Å². The smallest absolute Gasteiger partial charge is 0.319 e. The predicted molar refractivity (Wildman–Crippen MR) is 102 cm³/mol. The van der Waals surface area contributed by atoms with Crippen molar-refractivity contribution in [2.75, 3.05) is 11.6 Å². The summed E-state index contributed by atoms with van der Waals surface area (Å²) in [4.78, 5) is 12.3. The van der Waals surface area contributed by atoms with Gasteiger partial charge >= 0.3 is 6.03 Å². The molecule has 134 valence electrons. The summed E-state index contributed by atoms with van der Waals surface area (Å²) in [6.45, 7) is 1.97. The number of sulfone groups is 1. The van der Waals surface area contributed by atoms with Crippen LogP contribution in [-0.2, 0) is 15.6 Å². The average Bonchev–Trinajstić information content (AvgIpc) is 2.51. The molecule has 0 saturated heterocycles. The molecule has 2 aromatic carbocycles. The molecule has 0 aliphatic carbocycles. The van der Waals surface area contributed by atoms with Crippen LogP contribution in [0.3, 0.4) is 0 Å². The maximum absolute atomic E-state index is 12.3. The Morgan fingerprint density at radius 2 is 1.88 bits per heavy atom. The van der Waals surface area contributed by atoms with E-state index in [0.717, 1.165) is 5.56 Å². The highest BCUT2D eigenvalue weighted by Gasteiger charge is 2.13. The van der Waals surface area contributed by atoms with Gasteiger partial charge < -0.3 is 10.6 Å². The zero-order chi connectivity index (χ0) is 18.4. The largest absolute Gasteiger partial charge is 0.331 e. The Balaban J connectivity index is 2.05. The molecule has 0 saturated carbocycles. The molecule has 1 unspecified atom stereocenters. The van der Waals surface area contributed by atoms with Crippen LogP contribution in [0.2, 0.25) is 5.02 Å². The van der Waals surface area contributed by atoms with Gasteiger partial charge in [-0.2, -0.15) is 0 Å². The highest BCUT2D eigenvalue weighted by molar-refractivity contribution is 7.89. The van der Waals surface area contributed by atoms with Crippen molar-refractivity contribution >= 4 is 33.2 Å². The third-order valence-corrected chi connectivity index (χ3v) is 4.67. The highest BCUT2D eigenvalue weighted by atomic mass is 35.5. The molecular formula is C18H21ClN2O3S. The second kappa shape index (κ2) is 8.36. The molecule has 7 heteroatoms. The molecule has 0 aliphatic heterocycles. The first-order chi connectivity index (χ1) is 11.8. The van der Waals surface area contributed by atoms with Crippen molar-refractivity contribution in [2.24, 2.45) is 0 Å². The Labute approximate surface area is 153 Å². The molecule has 0 fully saturated rings. The van der Waals surface area contributed by atoms with Crippen molar-refractivity contribution in [1.82, 2.24) is 5.32 Å². The Kier molecular flexibility index (Phi) is 6.45. The first-order valence-electron chi connectivity index (χ1n) is 7.86. The lowest BCUT2D eigenvalue weighted by Gasteiger charge is -2.18. The van der Waals surface area contributed by atoms with Gasteiger partial charge in [0.1, 0.15) is 0 Å². The molecule has 5 nitrogen and oxygen atoms in total. The Hall–Kier alpha value is -2.05. The van der Waals surface area contributed by atoms with Crippen LogP contribution in [0.4, 0.5) is 10.5 Å². The predicted octanol–water partition coefficient (Wildman–Crippen LogP) is 4.16. The van der Waals surface area contributed by atoms with Crippen LogP contribution in [0.25, 0.3) is 0 Å². The number of benzene rings is 2. The number of carbonyl (C=O) groups excluding carboxylic acids is 1. The van der Waals surface area contributed by atoms with Crippen molar-refractivity contribution in [1.29, 1.82) is 0 Å². The molecule has 0 heterocycles. The minimum absolute atomic E-state index is 0.0652. The molecule has 0 aromatic heterocycles. The summed E-state index contributed by atoms with van der Waals surface area (Å²) in [6.07, 6.45) is 1.89. The second-order valence-electron chi connectivity index (χ2n) is 5.88. The van der Waals surface area contributed by atoms with E-state index in [0.29, 0.717) is 22.7 Å². The van der Waals surface area contributed by atoms with Gasteiger partial charge in [0.25, 0.3) is 0 Å². The lowest BCUT2D eigenvalue weighted by Crippen LogP contribution is -2.32. The standard InChI is InChI=1S/C18H21ClN2O3S/c1-3-17(14-7-5-8-15(19)11-14)21-18(22)20-16-9-4-6-13(10-16)12-25(2,23)24/h4-11,17H,3,12H2,1-2H3,(H2,20,21,22). The molecule has 2 aromatic rings. The zero-order valence-corrected chi connectivity index (χ0v) is 15.7. The number of hydrogen-bond donors (Lipinski definition) is 2. The lowest BCUT2D eigenvalue weighted by atomic mass is 10.1. The SMILES string of the molecule is CCC(NC(=O)Nc1cccc(CS(C)(=O)=O)c1)c1cccc(Cl)c1. The van der Waals surface area contributed by atoms with Crippen LogP contribution in [0.15, 0.2) is 48.5 Å². The first-order valence-corrected chi connectivity index (χ1v) is 10.3. The molecule has 0 aliphatic rings. The van der Waals surface area contributed by atoms with Crippen LogP contribution >= 0.6 is 11.6 Å². The third kappa shape index (κ3) is 6.40. The van der Waals surface area contributed by atoms with E-state index in [1.165, 1.54) is 6.26 Å². The van der Waals surface area contributed by atoms with Gasteiger partial charge in [-0.05, 0) is 41.8 Å². The number of anilines is 1. The number of nitrogens with one attached hydrogen (secondary N) is 2. The fourth-order valence-electron chi connectivity index (χ4n) is 2.51. The molecule has 25 heavy (non-hydrogen) atoms. The van der Waals surface area contributed by atoms with E-state index in [9.17, 15) is 13.2 Å². The van der Waals surface area contributed by atoms with Crippen LogP contribution in [0.5, 0.6) is 0 Å². The molecule has 0 radical (unpaired) electrons. The van der Waals surface area contributed by atoms with Gasteiger partial charge in [-0.3, -0.25) is 0 Å². The van der Waals surface area contributed by atoms with Crippen LogP contribution in [0.1, 0.15) is 30.5 Å². The van der Waals surface area contributed by atoms with Gasteiger partial charge in [-0.15, -0.1) is 0 Å². The topological polar surface area (TPSA) is 75.3 Å². The summed E-state index contributed by atoms with van der Waals surface area (Å²) in [7, 11) is -3.13. The number of rotatable bonds is 6. The van der Waals surface area contributed by atoms with E-state index in [-0.39, 0.29) is 17.8 Å². The fourth-order valence-corrected chi connectivity index (χ4v) is 3.50. The van der Waals surface area contributed by atoms with Crippen molar-refractivity contribution in [2.45, 2.75) is 25.1 Å². The van der Waals surface area contributed by atoms with Gasteiger partial charge in [0.05, 0.1) is 11.8 Å². The van der Waals surface area contributed by atoms with E-state index in [4.69, 9.17) is 11.6 Å². The number of halogens is 1. The summed E-state index contributed by atoms with van der Waals surface area (Å²) in [6, 6.07) is 13.6. The van der Waals surface area contributed by atoms with Crippen molar-refractivity contribution in [3.63, 3.8) is 0 Å². The molecule has 2 N–H and O–H groups in total. The van der Waals surface area contributed by atoms with Crippen molar-refractivity contribution in [3.8, 4) is 0 Å². The zero-order valence-electron chi connectivity index (χ0n) is 14.1. The number of hydrogen-bond acceptors (Lipinski definition) is 3. The molecule has 2 amide bonds. The summed E-state index contributed by atoms with van der Waals surface area (Å²) in [5.41, 5.74) is 2.10. The number of urea groups is 1. The summed E-state index contributed by atoms with van der Waals surface area (Å²) in [5.74, 6) is -0.0652. The summed E-state index contributed by atoms with van der Waals surface area (Å²) in [5, 5.41) is 6.26. The lowest BCUT2D eigenvalue weighted by molar-refractivity contribution is 0.248. The quantitative estimate of drug-likeness (QED) is 0.790. The number of amides is 2. The highest BCUT2D eigenvalue weighted by Crippen LogP contribution is 2.20. The van der Waals surface area contributed by atoms with E-state index >= 15 is 0 Å². The van der Waals surface area contributed by atoms with Gasteiger partial charge in [0, 0.05) is 17.0 Å².